The van der Waals surface area contributed by atoms with Crippen molar-refractivity contribution in [1.29, 1.82) is 0 Å². The van der Waals surface area contributed by atoms with Crippen molar-refractivity contribution in [3.8, 4) is 0 Å². The second-order valence-corrected chi connectivity index (χ2v) is 5.21. The Morgan fingerprint density at radius 2 is 2.24 bits per heavy atom. The highest BCUT2D eigenvalue weighted by Gasteiger charge is 2.27. The van der Waals surface area contributed by atoms with E-state index in [0.717, 1.165) is 25.2 Å². The number of aryl methyl sites for hydroxylation is 1. The minimum absolute atomic E-state index is 0.0879. The lowest BCUT2D eigenvalue weighted by atomic mass is 10.0. The molecule has 2 heterocycles. The minimum Gasteiger partial charge on any atom is -0.300 e. The number of nitrogens with zero attached hydrogens (tertiary/aromatic N) is 3. The Morgan fingerprint density at radius 3 is 2.71 bits per heavy atom. The summed E-state index contributed by atoms with van der Waals surface area (Å²) in [5, 5.41) is 4.48. The van der Waals surface area contributed by atoms with E-state index in [1.54, 1.807) is 11.6 Å². The van der Waals surface area contributed by atoms with E-state index in [0.29, 0.717) is 17.7 Å². The Morgan fingerprint density at radius 1 is 1.53 bits per heavy atom. The summed E-state index contributed by atoms with van der Waals surface area (Å²) in [5.74, 6) is 0.571. The van der Waals surface area contributed by atoms with Crippen LogP contribution < -0.4 is 0 Å². The maximum absolute atomic E-state index is 11.4. The van der Waals surface area contributed by atoms with Crippen molar-refractivity contribution in [3.63, 3.8) is 0 Å². The van der Waals surface area contributed by atoms with Crippen LogP contribution in [0, 0.1) is 0 Å². The van der Waals surface area contributed by atoms with Gasteiger partial charge in [0.05, 0.1) is 5.69 Å². The fraction of sp³-hybridized carbons (Fsp3) is 0.692. The molecular weight excluding hydrogens is 214 g/mol. The maximum atomic E-state index is 11.4. The molecule has 0 radical (unpaired) electrons. The number of hydrogen-bond donors (Lipinski definition) is 0. The van der Waals surface area contributed by atoms with Crippen molar-refractivity contribution in [2.45, 2.75) is 39.2 Å². The summed E-state index contributed by atoms with van der Waals surface area (Å²) in [7, 11) is 1.84. The van der Waals surface area contributed by atoms with E-state index in [2.05, 4.69) is 23.8 Å². The molecule has 1 aliphatic heterocycles. The van der Waals surface area contributed by atoms with Gasteiger partial charge in [-0.05, 0) is 32.9 Å². The van der Waals surface area contributed by atoms with Crippen molar-refractivity contribution in [3.05, 3.63) is 17.5 Å². The predicted octanol–water partition coefficient (Wildman–Crippen LogP) is 1.82. The molecule has 4 nitrogen and oxygen atoms in total. The summed E-state index contributed by atoms with van der Waals surface area (Å²) in [6.07, 6.45) is 1.15. The topological polar surface area (TPSA) is 38.1 Å². The zero-order chi connectivity index (χ0) is 12.6. The van der Waals surface area contributed by atoms with Gasteiger partial charge in [-0.1, -0.05) is 0 Å². The van der Waals surface area contributed by atoms with Crippen LogP contribution in [0.5, 0.6) is 0 Å². The highest BCUT2D eigenvalue weighted by atomic mass is 16.1. The van der Waals surface area contributed by atoms with E-state index < -0.39 is 0 Å². The second-order valence-electron chi connectivity index (χ2n) is 5.21. The van der Waals surface area contributed by atoms with Crippen molar-refractivity contribution < 1.29 is 4.79 Å². The molecule has 1 atom stereocenters. The smallest absolute Gasteiger partial charge is 0.177 e. The molecule has 0 amide bonds. The van der Waals surface area contributed by atoms with Crippen molar-refractivity contribution in [2.24, 2.45) is 7.05 Å². The predicted molar refractivity (Wildman–Crippen MR) is 67.3 cm³/mol. The van der Waals surface area contributed by atoms with Crippen molar-refractivity contribution >= 4 is 5.78 Å². The SMILES string of the molecule is CC(=O)c1cc(C2CCN(C(C)C)C2)nn1C. The van der Waals surface area contributed by atoms with Gasteiger partial charge in [-0.2, -0.15) is 5.10 Å². The van der Waals surface area contributed by atoms with Crippen LogP contribution in [-0.4, -0.2) is 39.6 Å². The molecule has 1 saturated heterocycles. The average molecular weight is 235 g/mol. The quantitative estimate of drug-likeness (QED) is 0.750. The molecule has 4 heteroatoms. The molecule has 1 unspecified atom stereocenters. The number of likely N-dealkylation sites (tertiary alicyclic amines) is 1. The van der Waals surface area contributed by atoms with E-state index in [-0.39, 0.29) is 5.78 Å². The van der Waals surface area contributed by atoms with E-state index in [1.165, 1.54) is 0 Å². The van der Waals surface area contributed by atoms with Crippen LogP contribution in [0.1, 0.15) is 49.3 Å². The third-order valence-corrected chi connectivity index (χ3v) is 3.63. The zero-order valence-electron chi connectivity index (χ0n) is 11.1. The lowest BCUT2D eigenvalue weighted by molar-refractivity contribution is 0.100. The van der Waals surface area contributed by atoms with E-state index in [4.69, 9.17) is 0 Å². The molecule has 0 spiro atoms. The first-order chi connectivity index (χ1) is 7.99. The van der Waals surface area contributed by atoms with Crippen LogP contribution >= 0.6 is 0 Å². The van der Waals surface area contributed by atoms with Gasteiger partial charge in [0, 0.05) is 32.5 Å². The first kappa shape index (κ1) is 12.3. The summed E-state index contributed by atoms with van der Waals surface area (Å²) in [6, 6.07) is 2.55. The fourth-order valence-corrected chi connectivity index (χ4v) is 2.52. The van der Waals surface area contributed by atoms with E-state index >= 15 is 0 Å². The normalized spacial score (nSPS) is 21.4. The van der Waals surface area contributed by atoms with Crippen molar-refractivity contribution in [1.82, 2.24) is 14.7 Å². The molecule has 2 rings (SSSR count). The molecule has 0 bridgehead atoms. The van der Waals surface area contributed by atoms with Crippen LogP contribution in [0.15, 0.2) is 6.07 Å². The molecule has 1 aromatic rings. The van der Waals surface area contributed by atoms with Gasteiger partial charge >= 0.3 is 0 Å². The second kappa shape index (κ2) is 4.61. The number of ketones is 1. The molecule has 1 fully saturated rings. The van der Waals surface area contributed by atoms with Crippen LogP contribution in [-0.2, 0) is 7.05 Å². The summed E-state index contributed by atoms with van der Waals surface area (Å²) >= 11 is 0. The first-order valence-electron chi connectivity index (χ1n) is 6.28. The number of hydrogen-bond acceptors (Lipinski definition) is 3. The molecule has 0 aromatic carbocycles. The summed E-state index contributed by atoms with van der Waals surface area (Å²) in [4.78, 5) is 13.9. The Labute approximate surface area is 103 Å². The highest BCUT2D eigenvalue weighted by Crippen LogP contribution is 2.27. The number of carbonyl (C=O) groups excluding carboxylic acids is 1. The Balaban J connectivity index is 2.14. The molecule has 0 aliphatic carbocycles. The highest BCUT2D eigenvalue weighted by molar-refractivity contribution is 5.92. The Kier molecular flexibility index (Phi) is 3.33. The zero-order valence-corrected chi connectivity index (χ0v) is 11.1. The summed E-state index contributed by atoms with van der Waals surface area (Å²) in [6.45, 7) is 8.24. The van der Waals surface area contributed by atoms with Crippen LogP contribution in [0.25, 0.3) is 0 Å². The van der Waals surface area contributed by atoms with Gasteiger partial charge in [0.15, 0.2) is 5.78 Å². The maximum Gasteiger partial charge on any atom is 0.177 e. The molecule has 94 valence electrons. The lowest BCUT2D eigenvalue weighted by Crippen LogP contribution is -2.27. The largest absolute Gasteiger partial charge is 0.300 e. The van der Waals surface area contributed by atoms with Gasteiger partial charge in [-0.15, -0.1) is 0 Å². The summed E-state index contributed by atoms with van der Waals surface area (Å²) in [5.41, 5.74) is 1.78. The Bertz CT molecular complexity index is 422. The number of carbonyl (C=O) groups is 1. The monoisotopic (exact) mass is 235 g/mol. The standard InChI is InChI=1S/C13H21N3O/c1-9(2)16-6-5-11(8-16)12-7-13(10(3)17)15(4)14-12/h7,9,11H,5-6,8H2,1-4H3. The third kappa shape index (κ3) is 2.41. The molecule has 0 N–H and O–H groups in total. The molecule has 17 heavy (non-hydrogen) atoms. The number of aromatic nitrogens is 2. The molecule has 0 saturated carbocycles. The molecule has 1 aromatic heterocycles. The van der Waals surface area contributed by atoms with Gasteiger partial charge in [-0.25, -0.2) is 0 Å². The van der Waals surface area contributed by atoms with Gasteiger partial charge < -0.3 is 4.90 Å². The van der Waals surface area contributed by atoms with Gasteiger partial charge in [-0.3, -0.25) is 9.48 Å². The van der Waals surface area contributed by atoms with Crippen LogP contribution in [0.3, 0.4) is 0 Å². The van der Waals surface area contributed by atoms with E-state index in [9.17, 15) is 4.79 Å². The van der Waals surface area contributed by atoms with Gasteiger partial charge in [0.25, 0.3) is 0 Å². The average Bonchev–Trinajstić information content (AvgIpc) is 2.82. The third-order valence-electron chi connectivity index (χ3n) is 3.63. The molecular formula is C13H21N3O. The van der Waals surface area contributed by atoms with E-state index in [1.807, 2.05) is 13.1 Å². The van der Waals surface area contributed by atoms with Crippen molar-refractivity contribution in [2.75, 3.05) is 13.1 Å². The Hall–Kier alpha value is -1.16. The first-order valence-corrected chi connectivity index (χ1v) is 6.28. The number of rotatable bonds is 3. The number of Topliss-reactive ketones (excluding diaryl/α,β-unsaturated/α-hetero) is 1. The minimum atomic E-state index is 0.0879. The van der Waals surface area contributed by atoms with Gasteiger partial charge in [0.2, 0.25) is 0 Å². The summed E-state index contributed by atoms with van der Waals surface area (Å²) < 4.78 is 1.70. The van der Waals surface area contributed by atoms with Crippen LogP contribution in [0.2, 0.25) is 0 Å². The molecule has 1 aliphatic rings. The van der Waals surface area contributed by atoms with Crippen LogP contribution in [0.4, 0.5) is 0 Å². The van der Waals surface area contributed by atoms with Gasteiger partial charge in [0.1, 0.15) is 5.69 Å². The fourth-order valence-electron chi connectivity index (χ4n) is 2.52. The lowest BCUT2D eigenvalue weighted by Gasteiger charge is -2.19.